The van der Waals surface area contributed by atoms with Crippen LogP contribution in [-0.4, -0.2) is 74.6 Å². The molecule has 48 heavy (non-hydrogen) atoms. The van der Waals surface area contributed by atoms with Gasteiger partial charge in [0.15, 0.2) is 0 Å². The third-order valence-corrected chi connectivity index (χ3v) is 9.03. The molecule has 2 atom stereocenters. The quantitative estimate of drug-likeness (QED) is 0.198. The highest BCUT2D eigenvalue weighted by Crippen LogP contribution is 2.40. The average Bonchev–Trinajstić information content (AvgIpc) is 3.85. The number of rotatable bonds is 10. The highest BCUT2D eigenvalue weighted by atomic mass is 35.5. The molecule has 4 heterocycles. The van der Waals surface area contributed by atoms with Gasteiger partial charge in [0.05, 0.1) is 17.3 Å². The van der Waals surface area contributed by atoms with Gasteiger partial charge in [0, 0.05) is 53.8 Å². The number of benzene rings is 3. The average molecular weight is 690 g/mol. The molecule has 2 aliphatic heterocycles. The van der Waals surface area contributed by atoms with Crippen LogP contribution in [0.25, 0.3) is 11.4 Å². The van der Waals surface area contributed by atoms with Gasteiger partial charge in [0.2, 0.25) is 5.79 Å². The van der Waals surface area contributed by atoms with Crippen molar-refractivity contribution in [1.29, 1.82) is 0 Å². The topological polar surface area (TPSA) is 105 Å². The van der Waals surface area contributed by atoms with Gasteiger partial charge in [-0.05, 0) is 67.6 Å². The summed E-state index contributed by atoms with van der Waals surface area (Å²) >= 11 is 12.7. The van der Waals surface area contributed by atoms with Gasteiger partial charge in [-0.3, -0.25) is 0 Å². The smallest absolute Gasteiger partial charge is 0.354 e. The van der Waals surface area contributed by atoms with Crippen molar-refractivity contribution in [3.63, 3.8) is 0 Å². The molecule has 3 aromatic carbocycles. The standard InChI is InChI=1S/C34H34Cl2N8O4/c1-24(2)44-33(45)43(23-39-44)28-6-4-26(5-7-28)40-13-15-41(16-14-40)27-8-10-29(11-9-27)46-18-30-19-47-34(48-30,20-42-22-37-21-38-42)31-12-3-25(35)17-32(31)36/h3-12,17,21-23,30H,1,13-16,18-20H2,2H3. The minimum absolute atomic E-state index is 0.234. The van der Waals surface area contributed by atoms with Gasteiger partial charge in [-0.25, -0.2) is 19.0 Å². The Morgan fingerprint density at radius 1 is 0.938 bits per heavy atom. The van der Waals surface area contributed by atoms with Crippen LogP contribution in [0.2, 0.25) is 10.0 Å². The first-order chi connectivity index (χ1) is 23.3. The largest absolute Gasteiger partial charge is 0.491 e. The van der Waals surface area contributed by atoms with Crippen molar-refractivity contribution in [1.82, 2.24) is 29.1 Å². The molecule has 0 spiro atoms. The van der Waals surface area contributed by atoms with E-state index in [-0.39, 0.29) is 18.3 Å². The zero-order chi connectivity index (χ0) is 33.3. The van der Waals surface area contributed by atoms with E-state index in [1.54, 1.807) is 30.1 Å². The summed E-state index contributed by atoms with van der Waals surface area (Å²) < 4.78 is 23.3. The van der Waals surface area contributed by atoms with Crippen LogP contribution in [0.1, 0.15) is 12.5 Å². The molecule has 12 nitrogen and oxygen atoms in total. The number of piperazine rings is 1. The zero-order valence-corrected chi connectivity index (χ0v) is 27.8. The monoisotopic (exact) mass is 688 g/mol. The van der Waals surface area contributed by atoms with Gasteiger partial charge in [-0.1, -0.05) is 35.8 Å². The van der Waals surface area contributed by atoms with Crippen LogP contribution < -0.4 is 20.2 Å². The SMILES string of the molecule is C=C(C)n1ncn(-c2ccc(N3CCN(c4ccc(OCC5COC(Cn6cncn6)(c6ccc(Cl)cc6Cl)O5)cc4)CC3)cc2)c1=O. The maximum atomic E-state index is 12.6. The second-order valence-electron chi connectivity index (χ2n) is 11.7. The van der Waals surface area contributed by atoms with E-state index in [4.69, 9.17) is 37.4 Å². The number of hydrogen-bond acceptors (Lipinski definition) is 9. The lowest BCUT2D eigenvalue weighted by Gasteiger charge is -2.37. The van der Waals surface area contributed by atoms with E-state index < -0.39 is 5.79 Å². The molecular formula is C34H34Cl2N8O4. The molecule has 2 aliphatic rings. The van der Waals surface area contributed by atoms with E-state index >= 15 is 0 Å². The summed E-state index contributed by atoms with van der Waals surface area (Å²) in [5, 5.41) is 9.32. The minimum Gasteiger partial charge on any atom is -0.491 e. The third-order valence-electron chi connectivity index (χ3n) is 8.48. The molecule has 248 valence electrons. The van der Waals surface area contributed by atoms with Crippen LogP contribution >= 0.6 is 23.2 Å². The van der Waals surface area contributed by atoms with Crippen molar-refractivity contribution in [2.45, 2.75) is 25.4 Å². The summed E-state index contributed by atoms with van der Waals surface area (Å²) in [4.78, 5) is 21.3. The lowest BCUT2D eigenvalue weighted by Crippen LogP contribution is -2.46. The molecule has 2 aromatic heterocycles. The van der Waals surface area contributed by atoms with Crippen LogP contribution in [0.3, 0.4) is 0 Å². The van der Waals surface area contributed by atoms with Gasteiger partial charge < -0.3 is 24.0 Å². The summed E-state index contributed by atoms with van der Waals surface area (Å²) in [6.07, 6.45) is 4.25. The predicted molar refractivity (Wildman–Crippen MR) is 184 cm³/mol. The summed E-state index contributed by atoms with van der Waals surface area (Å²) in [7, 11) is 0. The van der Waals surface area contributed by atoms with E-state index in [0.29, 0.717) is 34.5 Å². The Bertz CT molecular complexity index is 1940. The zero-order valence-electron chi connectivity index (χ0n) is 26.3. The first-order valence-electron chi connectivity index (χ1n) is 15.5. The predicted octanol–water partition coefficient (Wildman–Crippen LogP) is 5.10. The number of anilines is 2. The van der Waals surface area contributed by atoms with E-state index in [1.165, 1.54) is 21.9 Å². The molecule has 0 N–H and O–H groups in total. The molecule has 2 fully saturated rings. The number of hydrogen-bond donors (Lipinski definition) is 0. The molecular weight excluding hydrogens is 655 g/mol. The summed E-state index contributed by atoms with van der Waals surface area (Å²) in [5.41, 5.74) is 4.02. The Balaban J connectivity index is 0.930. The van der Waals surface area contributed by atoms with Crippen LogP contribution in [-0.2, 0) is 21.8 Å². The van der Waals surface area contributed by atoms with Crippen molar-refractivity contribution in [3.8, 4) is 11.4 Å². The fraction of sp³-hybridized carbons (Fsp3) is 0.294. The molecule has 14 heteroatoms. The Labute approximate surface area is 287 Å². The fourth-order valence-electron chi connectivity index (χ4n) is 6.01. The van der Waals surface area contributed by atoms with Gasteiger partial charge in [0.1, 0.15) is 44.0 Å². The Hall–Kier alpha value is -4.62. The second-order valence-corrected chi connectivity index (χ2v) is 12.6. The number of aromatic nitrogens is 6. The normalized spacial score (nSPS) is 19.5. The first-order valence-corrected chi connectivity index (χ1v) is 16.3. The number of nitrogens with zero attached hydrogens (tertiary/aromatic N) is 8. The molecule has 2 unspecified atom stereocenters. The Morgan fingerprint density at radius 3 is 2.21 bits per heavy atom. The Kier molecular flexibility index (Phi) is 8.97. The summed E-state index contributed by atoms with van der Waals surface area (Å²) in [6, 6.07) is 21.3. The molecule has 0 aliphatic carbocycles. The number of ether oxygens (including phenoxy) is 3. The van der Waals surface area contributed by atoms with Crippen LogP contribution in [0, 0.1) is 0 Å². The Morgan fingerprint density at radius 2 is 1.60 bits per heavy atom. The highest BCUT2D eigenvalue weighted by Gasteiger charge is 2.45. The second kappa shape index (κ2) is 13.5. The van der Waals surface area contributed by atoms with Crippen molar-refractivity contribution in [2.75, 3.05) is 49.2 Å². The summed E-state index contributed by atoms with van der Waals surface area (Å²) in [5.74, 6) is -0.418. The van der Waals surface area contributed by atoms with Crippen molar-refractivity contribution < 1.29 is 14.2 Å². The molecule has 0 radical (unpaired) electrons. The first kappa shape index (κ1) is 32.0. The molecule has 0 bridgehead atoms. The molecule has 7 rings (SSSR count). The van der Waals surface area contributed by atoms with Gasteiger partial charge >= 0.3 is 5.69 Å². The van der Waals surface area contributed by atoms with Gasteiger partial charge in [0.25, 0.3) is 0 Å². The van der Waals surface area contributed by atoms with E-state index in [9.17, 15) is 4.79 Å². The van der Waals surface area contributed by atoms with Crippen LogP contribution in [0.5, 0.6) is 5.75 Å². The van der Waals surface area contributed by atoms with Crippen LogP contribution in [0.15, 0.2) is 97.1 Å². The van der Waals surface area contributed by atoms with Crippen molar-refractivity contribution in [2.24, 2.45) is 0 Å². The molecule has 2 saturated heterocycles. The maximum Gasteiger partial charge on any atom is 0.354 e. The van der Waals surface area contributed by atoms with E-state index in [0.717, 1.165) is 49.0 Å². The van der Waals surface area contributed by atoms with Gasteiger partial charge in [-0.15, -0.1) is 0 Å². The lowest BCUT2D eigenvalue weighted by molar-refractivity contribution is -0.190. The summed E-state index contributed by atoms with van der Waals surface area (Å²) in [6.45, 7) is 9.93. The van der Waals surface area contributed by atoms with E-state index in [2.05, 4.69) is 43.7 Å². The van der Waals surface area contributed by atoms with Crippen molar-refractivity contribution >= 4 is 40.3 Å². The van der Waals surface area contributed by atoms with Crippen LogP contribution in [0.4, 0.5) is 11.4 Å². The van der Waals surface area contributed by atoms with E-state index in [1.807, 2.05) is 42.5 Å². The van der Waals surface area contributed by atoms with Crippen molar-refractivity contribution in [3.05, 3.63) is 118 Å². The fourth-order valence-corrected chi connectivity index (χ4v) is 6.57. The maximum absolute atomic E-state index is 12.6. The highest BCUT2D eigenvalue weighted by molar-refractivity contribution is 6.35. The number of halogens is 2. The molecule has 0 amide bonds. The molecule has 0 saturated carbocycles. The molecule has 5 aromatic rings. The van der Waals surface area contributed by atoms with Gasteiger partial charge in [-0.2, -0.15) is 14.9 Å². The minimum atomic E-state index is -1.16. The number of allylic oxidation sites excluding steroid dienone is 1. The third kappa shape index (κ3) is 6.56. The lowest BCUT2D eigenvalue weighted by atomic mass is 10.1.